The Balaban J connectivity index is 1.55. The monoisotopic (exact) mass is 469 g/mol. The molecule has 8 nitrogen and oxygen atoms in total. The largest absolute Gasteiger partial charge is 0.478 e. The number of hydrogen-bond donors (Lipinski definition) is 3. The highest BCUT2D eigenvalue weighted by atomic mass is 32.2. The number of carbonyl (C=O) groups excluding carboxylic acids is 2. The number of rotatable bonds is 7. The number of carboxylic acid groups (broad SMARTS) is 1. The van der Waals surface area contributed by atoms with Gasteiger partial charge >= 0.3 is 5.97 Å². The molecule has 0 aromatic heterocycles. The maximum atomic E-state index is 13.3. The third-order valence-electron chi connectivity index (χ3n) is 6.09. The molecule has 2 atom stereocenters. The first-order valence-electron chi connectivity index (χ1n) is 10.8. The Kier molecular flexibility index (Phi) is 7.02. The van der Waals surface area contributed by atoms with Crippen molar-refractivity contribution in [2.45, 2.75) is 29.9 Å². The molecule has 0 aliphatic carbocycles. The molecule has 174 valence electrons. The number of likely N-dealkylation sites (tertiary alicyclic amines) is 1. The zero-order chi connectivity index (χ0) is 23.5. The van der Waals surface area contributed by atoms with E-state index in [0.29, 0.717) is 25.3 Å². The molecule has 1 fully saturated rings. The van der Waals surface area contributed by atoms with E-state index in [4.69, 9.17) is 0 Å². The van der Waals surface area contributed by atoms with Gasteiger partial charge in [-0.1, -0.05) is 18.2 Å². The van der Waals surface area contributed by atoms with E-state index < -0.39 is 5.97 Å². The van der Waals surface area contributed by atoms with E-state index in [9.17, 15) is 24.6 Å². The summed E-state index contributed by atoms with van der Waals surface area (Å²) in [6.07, 6.45) is 0.445. The van der Waals surface area contributed by atoms with Crippen LogP contribution in [0.1, 0.15) is 33.9 Å². The number of aromatic carboxylic acids is 1. The number of β-amino-alcohol motifs (C(OH)–C–C–N with tert-alkyl or cyclic N) is 1. The van der Waals surface area contributed by atoms with Gasteiger partial charge in [0.05, 0.1) is 35.6 Å². The van der Waals surface area contributed by atoms with Crippen molar-refractivity contribution in [2.24, 2.45) is 0 Å². The van der Waals surface area contributed by atoms with Crippen LogP contribution in [-0.2, 0) is 16.0 Å². The standard InChI is InChI=1S/C24H27N3O5S/c1-26(23(30)10-15-5-6-21-19(9-15)25-22(29)14-33-21)20(13-27-8-7-18(28)12-27)16-3-2-4-17(11-16)24(31)32/h2-6,9,11,18,20,28H,7-8,10,12-14H2,1H3,(H,25,29)(H,31,32)/t18-,20-/m1/s1. The third-order valence-corrected chi connectivity index (χ3v) is 7.16. The Morgan fingerprint density at radius 2 is 2.09 bits per heavy atom. The fourth-order valence-electron chi connectivity index (χ4n) is 4.27. The third kappa shape index (κ3) is 5.55. The average Bonchev–Trinajstić information content (AvgIpc) is 3.21. The zero-order valence-electron chi connectivity index (χ0n) is 18.4. The van der Waals surface area contributed by atoms with Crippen LogP contribution in [0.25, 0.3) is 0 Å². The van der Waals surface area contributed by atoms with Crippen molar-refractivity contribution < 1.29 is 24.6 Å². The van der Waals surface area contributed by atoms with Crippen LogP contribution < -0.4 is 5.32 Å². The number of nitrogens with zero attached hydrogens (tertiary/aromatic N) is 2. The van der Waals surface area contributed by atoms with E-state index in [1.54, 1.807) is 24.1 Å². The van der Waals surface area contributed by atoms with Crippen molar-refractivity contribution in [3.05, 3.63) is 59.2 Å². The quantitative estimate of drug-likeness (QED) is 0.570. The molecule has 2 aliphatic heterocycles. The second-order valence-electron chi connectivity index (χ2n) is 8.50. The van der Waals surface area contributed by atoms with Gasteiger partial charge in [0.2, 0.25) is 11.8 Å². The van der Waals surface area contributed by atoms with Gasteiger partial charge in [-0.3, -0.25) is 14.5 Å². The minimum atomic E-state index is -1.02. The predicted molar refractivity (Wildman–Crippen MR) is 125 cm³/mol. The molecule has 3 N–H and O–H groups in total. The van der Waals surface area contributed by atoms with Crippen molar-refractivity contribution in [2.75, 3.05) is 37.8 Å². The SMILES string of the molecule is CN(C(=O)Cc1ccc2c(c1)NC(=O)CS2)[C@H](CN1CC[C@@H](O)C1)c1cccc(C(=O)O)c1. The van der Waals surface area contributed by atoms with E-state index in [0.717, 1.165) is 28.3 Å². The maximum absolute atomic E-state index is 13.3. The van der Waals surface area contributed by atoms with Crippen molar-refractivity contribution in [1.29, 1.82) is 0 Å². The summed E-state index contributed by atoms with van der Waals surface area (Å²) in [7, 11) is 1.73. The van der Waals surface area contributed by atoms with Gasteiger partial charge in [-0.15, -0.1) is 11.8 Å². The highest BCUT2D eigenvalue weighted by Crippen LogP contribution is 2.32. The summed E-state index contributed by atoms with van der Waals surface area (Å²) >= 11 is 1.47. The molecule has 2 heterocycles. The van der Waals surface area contributed by atoms with Crippen LogP contribution in [0.15, 0.2) is 47.4 Å². The molecule has 0 spiro atoms. The second kappa shape index (κ2) is 9.94. The number of benzene rings is 2. The molecule has 0 saturated carbocycles. The van der Waals surface area contributed by atoms with Gasteiger partial charge in [-0.2, -0.15) is 0 Å². The lowest BCUT2D eigenvalue weighted by atomic mass is 10.0. The number of nitrogens with one attached hydrogen (secondary N) is 1. The van der Waals surface area contributed by atoms with Gasteiger partial charge in [-0.05, 0) is 41.8 Å². The van der Waals surface area contributed by atoms with E-state index in [1.165, 1.54) is 17.8 Å². The lowest BCUT2D eigenvalue weighted by Crippen LogP contribution is -2.39. The first-order valence-corrected chi connectivity index (χ1v) is 11.8. The number of aliphatic hydroxyl groups is 1. The maximum Gasteiger partial charge on any atom is 0.335 e. The Hall–Kier alpha value is -2.88. The number of aliphatic hydroxyl groups excluding tert-OH is 1. The van der Waals surface area contributed by atoms with Crippen LogP contribution in [0.5, 0.6) is 0 Å². The highest BCUT2D eigenvalue weighted by Gasteiger charge is 2.29. The first kappa shape index (κ1) is 23.3. The van der Waals surface area contributed by atoms with Crippen molar-refractivity contribution in [1.82, 2.24) is 9.80 Å². The molecule has 33 heavy (non-hydrogen) atoms. The number of likely N-dealkylation sites (N-methyl/N-ethyl adjacent to an activating group) is 1. The molecule has 0 radical (unpaired) electrons. The lowest BCUT2D eigenvalue weighted by molar-refractivity contribution is -0.131. The molecule has 4 rings (SSSR count). The number of carboxylic acids is 1. The van der Waals surface area contributed by atoms with Crippen LogP contribution >= 0.6 is 11.8 Å². The van der Waals surface area contributed by atoms with Crippen molar-refractivity contribution in [3.63, 3.8) is 0 Å². The predicted octanol–water partition coefficient (Wildman–Crippen LogP) is 2.24. The molecule has 2 aromatic carbocycles. The van der Waals surface area contributed by atoms with E-state index in [-0.39, 0.29) is 35.9 Å². The number of anilines is 1. The number of fused-ring (bicyclic) bond motifs is 1. The zero-order valence-corrected chi connectivity index (χ0v) is 19.2. The Bertz CT molecular complexity index is 1080. The summed E-state index contributed by atoms with van der Waals surface area (Å²) in [6.45, 7) is 1.75. The Labute approximate surface area is 196 Å². The van der Waals surface area contributed by atoms with Crippen molar-refractivity contribution >= 4 is 35.2 Å². The van der Waals surface area contributed by atoms with Gasteiger partial charge in [0.15, 0.2) is 0 Å². The topological polar surface area (TPSA) is 110 Å². The first-order chi connectivity index (χ1) is 15.8. The number of thioether (sulfide) groups is 1. The normalized spacial score (nSPS) is 19.0. The van der Waals surface area contributed by atoms with Gasteiger partial charge in [0, 0.05) is 31.6 Å². The summed E-state index contributed by atoms with van der Waals surface area (Å²) in [5, 5.41) is 22.2. The average molecular weight is 470 g/mol. The lowest BCUT2D eigenvalue weighted by Gasteiger charge is -2.32. The molecule has 0 unspecified atom stereocenters. The molecular formula is C24H27N3O5S. The second-order valence-corrected chi connectivity index (χ2v) is 9.51. The van der Waals surface area contributed by atoms with Crippen LogP contribution in [0.2, 0.25) is 0 Å². The van der Waals surface area contributed by atoms with E-state index >= 15 is 0 Å². The molecule has 2 aliphatic rings. The van der Waals surface area contributed by atoms with E-state index in [2.05, 4.69) is 10.2 Å². The summed E-state index contributed by atoms with van der Waals surface area (Å²) in [4.78, 5) is 41.2. The fourth-order valence-corrected chi connectivity index (χ4v) is 5.05. The minimum Gasteiger partial charge on any atom is -0.478 e. The summed E-state index contributed by atoms with van der Waals surface area (Å²) in [6, 6.07) is 11.9. The summed E-state index contributed by atoms with van der Waals surface area (Å²) in [5.74, 6) is -0.805. The minimum absolute atomic E-state index is 0.0562. The molecule has 0 bridgehead atoms. The molecule has 9 heteroatoms. The Morgan fingerprint density at radius 3 is 2.82 bits per heavy atom. The fraction of sp³-hybridized carbons (Fsp3) is 0.375. The van der Waals surface area contributed by atoms with Gasteiger partial charge in [0.25, 0.3) is 0 Å². The van der Waals surface area contributed by atoms with Crippen molar-refractivity contribution in [3.8, 4) is 0 Å². The number of amides is 2. The Morgan fingerprint density at radius 1 is 1.27 bits per heavy atom. The van der Waals surface area contributed by atoms with Crippen LogP contribution in [0.3, 0.4) is 0 Å². The molecule has 1 saturated heterocycles. The number of hydrogen-bond acceptors (Lipinski definition) is 6. The smallest absolute Gasteiger partial charge is 0.335 e. The molecule has 2 aromatic rings. The van der Waals surface area contributed by atoms with Gasteiger partial charge < -0.3 is 20.4 Å². The van der Waals surface area contributed by atoms with Gasteiger partial charge in [0.1, 0.15) is 0 Å². The molecule has 2 amide bonds. The number of carbonyl (C=O) groups is 3. The summed E-state index contributed by atoms with van der Waals surface area (Å²) in [5.41, 5.74) is 2.42. The van der Waals surface area contributed by atoms with Gasteiger partial charge in [-0.25, -0.2) is 4.79 Å². The summed E-state index contributed by atoms with van der Waals surface area (Å²) < 4.78 is 0. The van der Waals surface area contributed by atoms with Crippen LogP contribution in [0.4, 0.5) is 5.69 Å². The van der Waals surface area contributed by atoms with E-state index in [1.807, 2.05) is 24.3 Å². The van der Waals surface area contributed by atoms with Crippen LogP contribution in [-0.4, -0.2) is 76.3 Å². The molecular weight excluding hydrogens is 442 g/mol. The highest BCUT2D eigenvalue weighted by molar-refractivity contribution is 8.00. The van der Waals surface area contributed by atoms with Crippen LogP contribution in [0, 0.1) is 0 Å².